The molecule has 1 aliphatic heterocycles. The van der Waals surface area contributed by atoms with Crippen molar-refractivity contribution in [1.82, 2.24) is 10.2 Å². The average Bonchev–Trinajstić information content (AvgIpc) is 2.61. The molecule has 0 bridgehead atoms. The van der Waals surface area contributed by atoms with Crippen LogP contribution in [0.1, 0.15) is 18.4 Å². The van der Waals surface area contributed by atoms with Crippen molar-refractivity contribution in [3.8, 4) is 0 Å². The van der Waals surface area contributed by atoms with Crippen molar-refractivity contribution >= 4 is 17.9 Å². The van der Waals surface area contributed by atoms with Crippen molar-refractivity contribution < 1.29 is 14.3 Å². The number of amides is 2. The maximum atomic E-state index is 12.2. The Morgan fingerprint density at radius 1 is 1.26 bits per heavy atom. The van der Waals surface area contributed by atoms with E-state index in [4.69, 9.17) is 4.74 Å². The predicted molar refractivity (Wildman–Crippen MR) is 89.7 cm³/mol. The quantitative estimate of drug-likeness (QED) is 0.642. The molecule has 1 N–H and O–H groups in total. The second-order valence-corrected chi connectivity index (χ2v) is 5.63. The zero-order valence-corrected chi connectivity index (χ0v) is 13.5. The Morgan fingerprint density at radius 3 is 2.61 bits per heavy atom. The van der Waals surface area contributed by atoms with E-state index in [1.165, 1.54) is 0 Å². The first-order chi connectivity index (χ1) is 11.2. The minimum absolute atomic E-state index is 0.00555. The van der Waals surface area contributed by atoms with Gasteiger partial charge >= 0.3 is 0 Å². The van der Waals surface area contributed by atoms with Crippen LogP contribution in [0.3, 0.4) is 0 Å². The maximum absolute atomic E-state index is 12.2. The molecule has 1 aromatic rings. The van der Waals surface area contributed by atoms with Gasteiger partial charge in [0.2, 0.25) is 11.8 Å². The molecule has 1 heterocycles. The molecule has 0 atom stereocenters. The van der Waals surface area contributed by atoms with E-state index in [-0.39, 0.29) is 17.7 Å². The molecule has 0 aliphatic carbocycles. The first-order valence-corrected chi connectivity index (χ1v) is 7.99. The fraction of sp³-hybridized carbons (Fsp3) is 0.444. The number of nitrogens with zero attached hydrogens (tertiary/aromatic N) is 1. The molecule has 5 nitrogen and oxygen atoms in total. The van der Waals surface area contributed by atoms with Gasteiger partial charge in [0.1, 0.15) is 0 Å². The SMILES string of the molecule is COCCNC(=O)C1CCN(C(=O)/C=C/c2ccccc2)CC1. The van der Waals surface area contributed by atoms with Gasteiger partial charge in [-0.15, -0.1) is 0 Å². The second kappa shape index (κ2) is 9.10. The van der Waals surface area contributed by atoms with Gasteiger partial charge in [0.15, 0.2) is 0 Å². The van der Waals surface area contributed by atoms with Crippen LogP contribution in [0.4, 0.5) is 0 Å². The van der Waals surface area contributed by atoms with Crippen LogP contribution in [0.2, 0.25) is 0 Å². The highest BCUT2D eigenvalue weighted by atomic mass is 16.5. The number of methoxy groups -OCH3 is 1. The van der Waals surface area contributed by atoms with Crippen molar-refractivity contribution in [2.24, 2.45) is 5.92 Å². The molecule has 23 heavy (non-hydrogen) atoms. The van der Waals surface area contributed by atoms with Gasteiger partial charge in [0.05, 0.1) is 6.61 Å². The van der Waals surface area contributed by atoms with E-state index >= 15 is 0 Å². The molecule has 2 rings (SSSR count). The molecule has 1 saturated heterocycles. The van der Waals surface area contributed by atoms with E-state index in [1.807, 2.05) is 36.4 Å². The number of nitrogens with one attached hydrogen (secondary N) is 1. The Kier molecular flexibility index (Phi) is 6.81. The van der Waals surface area contributed by atoms with Crippen LogP contribution in [0.15, 0.2) is 36.4 Å². The lowest BCUT2D eigenvalue weighted by Crippen LogP contribution is -2.43. The van der Waals surface area contributed by atoms with Gasteiger partial charge in [0.25, 0.3) is 0 Å². The van der Waals surface area contributed by atoms with Crippen molar-refractivity contribution in [3.05, 3.63) is 42.0 Å². The Labute approximate surface area is 137 Å². The molecule has 124 valence electrons. The molecule has 5 heteroatoms. The van der Waals surface area contributed by atoms with Gasteiger partial charge in [-0.3, -0.25) is 9.59 Å². The van der Waals surface area contributed by atoms with Crippen LogP contribution >= 0.6 is 0 Å². The maximum Gasteiger partial charge on any atom is 0.246 e. The van der Waals surface area contributed by atoms with Crippen LogP contribution in [-0.2, 0) is 14.3 Å². The summed E-state index contributed by atoms with van der Waals surface area (Å²) in [6, 6.07) is 9.75. The minimum atomic E-state index is -0.00555. The van der Waals surface area contributed by atoms with E-state index in [9.17, 15) is 9.59 Å². The minimum Gasteiger partial charge on any atom is -0.383 e. The van der Waals surface area contributed by atoms with Gasteiger partial charge in [-0.1, -0.05) is 30.3 Å². The molecule has 0 radical (unpaired) electrons. The van der Waals surface area contributed by atoms with Crippen LogP contribution in [0, 0.1) is 5.92 Å². The summed E-state index contributed by atoms with van der Waals surface area (Å²) in [6.45, 7) is 2.31. The van der Waals surface area contributed by atoms with Crippen molar-refractivity contribution in [2.45, 2.75) is 12.8 Å². The Hall–Kier alpha value is -2.14. The topological polar surface area (TPSA) is 58.6 Å². The normalized spacial score (nSPS) is 15.8. The number of carbonyl (C=O) groups is 2. The van der Waals surface area contributed by atoms with Gasteiger partial charge in [0, 0.05) is 38.7 Å². The predicted octanol–water partition coefficient (Wildman–Crippen LogP) is 1.70. The highest BCUT2D eigenvalue weighted by molar-refractivity contribution is 5.92. The molecule has 0 spiro atoms. The summed E-state index contributed by atoms with van der Waals surface area (Å²) in [5, 5.41) is 2.86. The zero-order chi connectivity index (χ0) is 16.5. The van der Waals surface area contributed by atoms with Crippen molar-refractivity contribution in [3.63, 3.8) is 0 Å². The molecule has 1 aromatic carbocycles. The van der Waals surface area contributed by atoms with E-state index in [1.54, 1.807) is 18.1 Å². The lowest BCUT2D eigenvalue weighted by atomic mass is 9.96. The van der Waals surface area contributed by atoms with Crippen LogP contribution in [-0.4, -0.2) is 50.1 Å². The van der Waals surface area contributed by atoms with Crippen LogP contribution < -0.4 is 5.32 Å². The monoisotopic (exact) mass is 316 g/mol. The summed E-state index contributed by atoms with van der Waals surface area (Å²) in [7, 11) is 1.61. The van der Waals surface area contributed by atoms with Gasteiger partial charge in [-0.2, -0.15) is 0 Å². The fourth-order valence-electron chi connectivity index (χ4n) is 2.62. The lowest BCUT2D eigenvalue weighted by Gasteiger charge is -2.30. The first-order valence-electron chi connectivity index (χ1n) is 7.99. The van der Waals surface area contributed by atoms with E-state index < -0.39 is 0 Å². The number of ether oxygens (including phenoxy) is 1. The molecule has 1 fully saturated rings. The van der Waals surface area contributed by atoms with Gasteiger partial charge in [-0.05, 0) is 24.5 Å². The fourth-order valence-corrected chi connectivity index (χ4v) is 2.62. The third-order valence-corrected chi connectivity index (χ3v) is 4.00. The summed E-state index contributed by atoms with van der Waals surface area (Å²) in [4.78, 5) is 26.0. The summed E-state index contributed by atoms with van der Waals surface area (Å²) in [6.07, 6.45) is 4.85. The molecular weight excluding hydrogens is 292 g/mol. The number of hydrogen-bond acceptors (Lipinski definition) is 3. The number of hydrogen-bond donors (Lipinski definition) is 1. The number of benzene rings is 1. The summed E-state index contributed by atoms with van der Waals surface area (Å²) >= 11 is 0. The number of carbonyl (C=O) groups excluding carboxylic acids is 2. The highest BCUT2D eigenvalue weighted by Gasteiger charge is 2.26. The Balaban J connectivity index is 1.76. The van der Waals surface area contributed by atoms with E-state index in [2.05, 4.69) is 5.32 Å². The summed E-state index contributed by atoms with van der Waals surface area (Å²) in [5.74, 6) is 0.0649. The van der Waals surface area contributed by atoms with Crippen LogP contribution in [0.5, 0.6) is 0 Å². The van der Waals surface area contributed by atoms with E-state index in [0.29, 0.717) is 39.1 Å². The van der Waals surface area contributed by atoms with E-state index in [0.717, 1.165) is 5.56 Å². The molecular formula is C18H24N2O3. The summed E-state index contributed by atoms with van der Waals surface area (Å²) < 4.78 is 4.92. The second-order valence-electron chi connectivity index (χ2n) is 5.63. The number of rotatable bonds is 6. The summed E-state index contributed by atoms with van der Waals surface area (Å²) in [5.41, 5.74) is 1.01. The van der Waals surface area contributed by atoms with Crippen molar-refractivity contribution in [2.75, 3.05) is 33.4 Å². The Bertz CT molecular complexity index is 534. The molecule has 0 unspecified atom stereocenters. The van der Waals surface area contributed by atoms with Crippen molar-refractivity contribution in [1.29, 1.82) is 0 Å². The van der Waals surface area contributed by atoms with Crippen LogP contribution in [0.25, 0.3) is 6.08 Å². The lowest BCUT2D eigenvalue weighted by molar-refractivity contribution is -0.132. The smallest absolute Gasteiger partial charge is 0.246 e. The third-order valence-electron chi connectivity index (χ3n) is 4.00. The standard InChI is InChI=1S/C18H24N2O3/c1-23-14-11-19-18(22)16-9-12-20(13-10-16)17(21)8-7-15-5-3-2-4-6-15/h2-8,16H,9-14H2,1H3,(H,19,22)/b8-7+. The zero-order valence-electron chi connectivity index (χ0n) is 13.5. The molecule has 1 aliphatic rings. The number of likely N-dealkylation sites (tertiary alicyclic amines) is 1. The first kappa shape index (κ1) is 17.2. The largest absolute Gasteiger partial charge is 0.383 e. The average molecular weight is 316 g/mol. The van der Waals surface area contributed by atoms with Gasteiger partial charge < -0.3 is 15.0 Å². The molecule has 0 saturated carbocycles. The van der Waals surface area contributed by atoms with Gasteiger partial charge in [-0.25, -0.2) is 0 Å². The Morgan fingerprint density at radius 2 is 1.96 bits per heavy atom. The number of piperidine rings is 1. The highest BCUT2D eigenvalue weighted by Crippen LogP contribution is 2.17. The third kappa shape index (κ3) is 5.53. The molecule has 0 aromatic heterocycles. The molecule has 2 amide bonds.